The van der Waals surface area contributed by atoms with Gasteiger partial charge in [0.25, 0.3) is 0 Å². The van der Waals surface area contributed by atoms with Gasteiger partial charge in [0.1, 0.15) is 0 Å². The molecule has 0 aromatic heterocycles. The van der Waals surface area contributed by atoms with E-state index in [1.54, 1.807) is 13.1 Å². The first-order valence-corrected chi connectivity index (χ1v) is 6.59. The zero-order valence-electron chi connectivity index (χ0n) is 13.2. The highest BCUT2D eigenvalue weighted by Crippen LogP contribution is 1.92. The Bertz CT molecular complexity index is 449. The minimum atomic E-state index is 0.00463. The van der Waals surface area contributed by atoms with E-state index >= 15 is 0 Å². The van der Waals surface area contributed by atoms with Crippen molar-refractivity contribution in [1.29, 1.82) is 5.26 Å². The minimum Gasteiger partial charge on any atom is -0.359 e. The minimum absolute atomic E-state index is 0.00463. The average molecular weight is 284 g/mol. The van der Waals surface area contributed by atoms with Crippen LogP contribution in [0.4, 0.5) is 0 Å². The molecule has 21 heavy (non-hydrogen) atoms. The standard InChI is InChI=1S/C7H8.C6H6.C3H7NO.C2H3N/c1-7-5-3-2-4-6-7;1-2-4-6-5-3-1;1-3(5)4-2;1-2-3/h2-6H,1H3;1-6H;1-2H3,(H,4,5);1H3. The molecule has 3 heteroatoms. The molecule has 3 nitrogen and oxygen atoms in total. The summed E-state index contributed by atoms with van der Waals surface area (Å²) in [6.45, 7) is 4.99. The van der Waals surface area contributed by atoms with Gasteiger partial charge in [0.05, 0.1) is 6.07 Å². The second-order valence-corrected chi connectivity index (χ2v) is 3.84. The van der Waals surface area contributed by atoms with E-state index in [2.05, 4.69) is 24.4 Å². The van der Waals surface area contributed by atoms with E-state index in [1.165, 1.54) is 19.4 Å². The van der Waals surface area contributed by atoms with Gasteiger partial charge in [-0.1, -0.05) is 72.3 Å². The summed E-state index contributed by atoms with van der Waals surface area (Å²) >= 11 is 0. The van der Waals surface area contributed by atoms with Crippen molar-refractivity contribution >= 4 is 5.91 Å². The van der Waals surface area contributed by atoms with Crippen LogP contribution in [0.1, 0.15) is 19.4 Å². The first kappa shape index (κ1) is 20.7. The van der Waals surface area contributed by atoms with E-state index in [0.717, 1.165) is 0 Å². The van der Waals surface area contributed by atoms with Crippen molar-refractivity contribution in [3.8, 4) is 6.07 Å². The number of benzene rings is 2. The molecule has 0 atom stereocenters. The van der Waals surface area contributed by atoms with E-state index in [1.807, 2.05) is 54.6 Å². The van der Waals surface area contributed by atoms with Crippen molar-refractivity contribution < 1.29 is 4.79 Å². The quantitative estimate of drug-likeness (QED) is 0.796. The van der Waals surface area contributed by atoms with Gasteiger partial charge < -0.3 is 5.32 Å². The summed E-state index contributed by atoms with van der Waals surface area (Å²) < 4.78 is 0. The van der Waals surface area contributed by atoms with Crippen LogP contribution in [0.3, 0.4) is 0 Å². The number of aryl methyl sites for hydroxylation is 1. The summed E-state index contributed by atoms with van der Waals surface area (Å²) in [6, 6.07) is 24.0. The van der Waals surface area contributed by atoms with Crippen molar-refractivity contribution in [2.75, 3.05) is 7.05 Å². The van der Waals surface area contributed by atoms with Gasteiger partial charge in [-0.05, 0) is 6.92 Å². The molecular formula is C18H24N2O. The van der Waals surface area contributed by atoms with Crippen LogP contribution in [-0.4, -0.2) is 13.0 Å². The monoisotopic (exact) mass is 284 g/mol. The first-order valence-electron chi connectivity index (χ1n) is 6.59. The van der Waals surface area contributed by atoms with Crippen molar-refractivity contribution in [1.82, 2.24) is 5.32 Å². The molecule has 0 saturated carbocycles. The normalized spacial score (nSPS) is 7.19. The SMILES string of the molecule is CC#N.CNC(C)=O.Cc1ccccc1.c1ccccc1. The van der Waals surface area contributed by atoms with Crippen molar-refractivity contribution in [2.45, 2.75) is 20.8 Å². The van der Waals surface area contributed by atoms with Crippen molar-refractivity contribution in [2.24, 2.45) is 0 Å². The number of hydrogen-bond donors (Lipinski definition) is 1. The van der Waals surface area contributed by atoms with Crippen LogP contribution in [0, 0.1) is 18.3 Å². The molecule has 2 aromatic carbocycles. The number of carbonyl (C=O) groups excluding carboxylic acids is 1. The summed E-state index contributed by atoms with van der Waals surface area (Å²) in [5, 5.41) is 9.71. The zero-order chi connectivity index (χ0) is 16.3. The maximum Gasteiger partial charge on any atom is 0.216 e. The average Bonchev–Trinajstić information content (AvgIpc) is 2.52. The second-order valence-electron chi connectivity index (χ2n) is 3.84. The Morgan fingerprint density at radius 2 is 1.19 bits per heavy atom. The van der Waals surface area contributed by atoms with E-state index < -0.39 is 0 Å². The Kier molecular flexibility index (Phi) is 17.2. The highest BCUT2D eigenvalue weighted by atomic mass is 16.1. The predicted molar refractivity (Wildman–Crippen MR) is 88.6 cm³/mol. The Morgan fingerprint density at radius 1 is 0.952 bits per heavy atom. The molecule has 0 aliphatic heterocycles. The van der Waals surface area contributed by atoms with Crippen LogP contribution in [-0.2, 0) is 4.79 Å². The van der Waals surface area contributed by atoms with Gasteiger partial charge in [-0.2, -0.15) is 5.26 Å². The molecule has 0 saturated heterocycles. The lowest BCUT2D eigenvalue weighted by molar-refractivity contribution is -0.118. The molecule has 0 aliphatic carbocycles. The number of nitriles is 1. The first-order chi connectivity index (χ1) is 10.1. The van der Waals surface area contributed by atoms with Gasteiger partial charge in [-0.15, -0.1) is 0 Å². The Morgan fingerprint density at radius 3 is 1.33 bits per heavy atom. The lowest BCUT2D eigenvalue weighted by Gasteiger charge is -1.82. The summed E-state index contributed by atoms with van der Waals surface area (Å²) in [5.41, 5.74) is 1.32. The van der Waals surface area contributed by atoms with Crippen LogP contribution in [0.25, 0.3) is 0 Å². The van der Waals surface area contributed by atoms with Crippen LogP contribution >= 0.6 is 0 Å². The molecule has 1 amide bonds. The van der Waals surface area contributed by atoms with E-state index in [0.29, 0.717) is 0 Å². The third-order valence-corrected chi connectivity index (χ3v) is 1.96. The largest absolute Gasteiger partial charge is 0.359 e. The van der Waals surface area contributed by atoms with Crippen LogP contribution in [0.2, 0.25) is 0 Å². The van der Waals surface area contributed by atoms with Gasteiger partial charge in [0.15, 0.2) is 0 Å². The summed E-state index contributed by atoms with van der Waals surface area (Å²) in [5.74, 6) is 0.00463. The lowest BCUT2D eigenvalue weighted by Crippen LogP contribution is -2.11. The van der Waals surface area contributed by atoms with E-state index in [4.69, 9.17) is 5.26 Å². The Hall–Kier alpha value is -2.60. The van der Waals surface area contributed by atoms with Crippen molar-refractivity contribution in [3.05, 3.63) is 72.3 Å². The molecule has 2 aromatic rings. The van der Waals surface area contributed by atoms with Crippen molar-refractivity contribution in [3.63, 3.8) is 0 Å². The Labute approximate surface area is 128 Å². The molecule has 0 unspecified atom stereocenters. The molecule has 0 bridgehead atoms. The molecule has 2 rings (SSSR count). The Balaban J connectivity index is 0. The number of amides is 1. The lowest BCUT2D eigenvalue weighted by atomic mass is 10.2. The summed E-state index contributed by atoms with van der Waals surface area (Å²) in [4.78, 5) is 9.70. The molecule has 0 heterocycles. The van der Waals surface area contributed by atoms with E-state index in [-0.39, 0.29) is 5.91 Å². The van der Waals surface area contributed by atoms with E-state index in [9.17, 15) is 4.79 Å². The number of rotatable bonds is 0. The highest BCUT2D eigenvalue weighted by molar-refractivity contribution is 5.72. The topological polar surface area (TPSA) is 52.9 Å². The molecule has 0 fully saturated rings. The number of hydrogen-bond acceptors (Lipinski definition) is 2. The third kappa shape index (κ3) is 23.0. The van der Waals surface area contributed by atoms with Gasteiger partial charge in [-0.25, -0.2) is 0 Å². The molecule has 0 radical (unpaired) electrons. The van der Waals surface area contributed by atoms with Gasteiger partial charge in [0.2, 0.25) is 5.91 Å². The fraction of sp³-hybridized carbons (Fsp3) is 0.222. The van der Waals surface area contributed by atoms with Gasteiger partial charge >= 0.3 is 0 Å². The predicted octanol–water partition coefficient (Wildman–Crippen LogP) is 3.96. The second kappa shape index (κ2) is 17.4. The number of carbonyl (C=O) groups is 1. The van der Waals surface area contributed by atoms with Gasteiger partial charge in [0, 0.05) is 20.9 Å². The third-order valence-electron chi connectivity index (χ3n) is 1.96. The molecule has 112 valence electrons. The van der Waals surface area contributed by atoms with Crippen LogP contribution in [0.5, 0.6) is 0 Å². The molecule has 1 N–H and O–H groups in total. The van der Waals surface area contributed by atoms with Crippen LogP contribution in [0.15, 0.2) is 66.7 Å². The summed E-state index contributed by atoms with van der Waals surface area (Å²) in [6.07, 6.45) is 0. The molecule has 0 aliphatic rings. The molecule has 0 spiro atoms. The maximum atomic E-state index is 9.70. The number of nitrogens with one attached hydrogen (secondary N) is 1. The molecular weight excluding hydrogens is 260 g/mol. The smallest absolute Gasteiger partial charge is 0.216 e. The van der Waals surface area contributed by atoms with Gasteiger partial charge in [-0.3, -0.25) is 4.79 Å². The number of nitrogens with zero attached hydrogens (tertiary/aromatic N) is 1. The summed E-state index contributed by atoms with van der Waals surface area (Å²) in [7, 11) is 1.60. The zero-order valence-corrected chi connectivity index (χ0v) is 13.2. The fourth-order valence-electron chi connectivity index (χ4n) is 0.919. The maximum absolute atomic E-state index is 9.70. The fourth-order valence-corrected chi connectivity index (χ4v) is 0.919. The van der Waals surface area contributed by atoms with Crippen LogP contribution < -0.4 is 5.32 Å². The highest BCUT2D eigenvalue weighted by Gasteiger charge is 1.73.